The molecule has 102 valence electrons. The maximum Gasteiger partial charge on any atom is 0.291 e. The second kappa shape index (κ2) is 5.45. The molecular weight excluding hydrogens is 289 g/mol. The lowest BCUT2D eigenvalue weighted by Crippen LogP contribution is -2.32. The molecule has 0 radical (unpaired) electrons. The normalized spacial score (nSPS) is 17.5. The van der Waals surface area contributed by atoms with Crippen LogP contribution in [0.15, 0.2) is 24.3 Å². The molecule has 1 heterocycles. The maximum absolute atomic E-state index is 12.0. The molecule has 2 rings (SSSR count). The zero-order valence-electron chi connectivity index (χ0n) is 10.3. The van der Waals surface area contributed by atoms with Crippen LogP contribution in [0.25, 0.3) is 0 Å². The molecule has 1 atom stereocenters. The first-order valence-corrected chi connectivity index (χ1v) is 8.56. The molecule has 2 amide bonds. The van der Waals surface area contributed by atoms with Crippen molar-refractivity contribution in [2.45, 2.75) is 6.92 Å². The van der Waals surface area contributed by atoms with Crippen LogP contribution in [0.4, 0.5) is 0 Å². The molecule has 0 saturated carbocycles. The molecule has 1 aromatic rings. The minimum Gasteiger partial charge on any atom is -0.318 e. The molecule has 0 N–H and O–H groups in total. The Kier molecular flexibility index (Phi) is 4.09. The van der Waals surface area contributed by atoms with Gasteiger partial charge < -0.3 is 4.52 Å². The number of imide groups is 1. The summed E-state index contributed by atoms with van der Waals surface area (Å²) in [6.07, 6.45) is -0.0478. The van der Waals surface area contributed by atoms with E-state index >= 15 is 0 Å². The van der Waals surface area contributed by atoms with Crippen molar-refractivity contribution < 1.29 is 18.7 Å². The van der Waals surface area contributed by atoms with Crippen molar-refractivity contribution in [2.24, 2.45) is 0 Å². The van der Waals surface area contributed by atoms with E-state index in [0.29, 0.717) is 11.1 Å². The number of rotatable bonds is 5. The van der Waals surface area contributed by atoms with Gasteiger partial charge in [0.05, 0.1) is 23.9 Å². The summed E-state index contributed by atoms with van der Waals surface area (Å²) in [6, 6.07) is 6.58. The van der Waals surface area contributed by atoms with Crippen LogP contribution in [0.1, 0.15) is 27.6 Å². The van der Waals surface area contributed by atoms with Crippen molar-refractivity contribution in [3.05, 3.63) is 35.4 Å². The van der Waals surface area contributed by atoms with Crippen LogP contribution in [-0.2, 0) is 9.09 Å². The highest BCUT2D eigenvalue weighted by molar-refractivity contribution is 7.85. The van der Waals surface area contributed by atoms with Crippen LogP contribution in [0.3, 0.4) is 0 Å². The fourth-order valence-corrected chi connectivity index (χ4v) is 3.39. The zero-order valence-corrected chi connectivity index (χ0v) is 12.0. The van der Waals surface area contributed by atoms with Crippen LogP contribution >= 0.6 is 18.0 Å². The first kappa shape index (κ1) is 14.3. The Labute approximate surface area is 115 Å². The van der Waals surface area contributed by atoms with Gasteiger partial charge in [0.1, 0.15) is 0 Å². The topological polar surface area (TPSA) is 63.7 Å². The molecule has 1 aliphatic heterocycles. The molecule has 19 heavy (non-hydrogen) atoms. The first-order chi connectivity index (χ1) is 8.96. The fourth-order valence-electron chi connectivity index (χ4n) is 1.92. The Morgan fingerprint density at radius 3 is 2.21 bits per heavy atom. The maximum atomic E-state index is 12.0. The Bertz CT molecular complexity index is 540. The lowest BCUT2D eigenvalue weighted by atomic mass is 10.1. The second-order valence-electron chi connectivity index (χ2n) is 4.04. The monoisotopic (exact) mass is 301 g/mol. The van der Waals surface area contributed by atoms with E-state index < -0.39 is 6.72 Å². The summed E-state index contributed by atoms with van der Waals surface area (Å²) < 4.78 is 16.7. The van der Waals surface area contributed by atoms with Crippen molar-refractivity contribution in [1.82, 2.24) is 4.90 Å². The highest BCUT2D eigenvalue weighted by Gasteiger charge is 2.36. The largest absolute Gasteiger partial charge is 0.318 e. The molecule has 0 spiro atoms. The quantitative estimate of drug-likeness (QED) is 0.619. The van der Waals surface area contributed by atoms with E-state index in [1.165, 1.54) is 0 Å². The SMILES string of the molecule is CCOP(=O)(Cl)CCN1C(=O)c2ccccc2C1=O. The predicted octanol–water partition coefficient (Wildman–Crippen LogP) is 2.75. The summed E-state index contributed by atoms with van der Waals surface area (Å²) in [5.74, 6) is -0.762. The summed E-state index contributed by atoms with van der Waals surface area (Å²) >= 11 is 5.71. The number of halogens is 1. The minimum absolute atomic E-state index is 0.00682. The van der Waals surface area contributed by atoms with E-state index in [2.05, 4.69) is 0 Å². The van der Waals surface area contributed by atoms with Gasteiger partial charge in [-0.2, -0.15) is 0 Å². The van der Waals surface area contributed by atoms with Crippen molar-refractivity contribution in [1.29, 1.82) is 0 Å². The highest BCUT2D eigenvalue weighted by Crippen LogP contribution is 2.52. The summed E-state index contributed by atoms with van der Waals surface area (Å²) in [4.78, 5) is 25.1. The van der Waals surface area contributed by atoms with Crippen molar-refractivity contribution >= 4 is 29.8 Å². The Balaban J connectivity index is 2.11. The van der Waals surface area contributed by atoms with Crippen LogP contribution in [-0.4, -0.2) is 36.0 Å². The standard InChI is InChI=1S/C12H13ClNO4P/c1-2-18-19(13,17)8-7-14-11(15)9-5-3-4-6-10(9)12(14)16/h3-6H,2,7-8H2,1H3. The van der Waals surface area contributed by atoms with Gasteiger partial charge in [-0.25, -0.2) is 0 Å². The molecule has 0 fully saturated rings. The predicted molar refractivity (Wildman–Crippen MR) is 71.8 cm³/mol. The van der Waals surface area contributed by atoms with Crippen molar-refractivity contribution in [2.75, 3.05) is 19.3 Å². The van der Waals surface area contributed by atoms with Gasteiger partial charge in [-0.15, -0.1) is 0 Å². The van der Waals surface area contributed by atoms with Crippen LogP contribution in [0, 0.1) is 0 Å². The van der Waals surface area contributed by atoms with Crippen LogP contribution < -0.4 is 0 Å². The van der Waals surface area contributed by atoms with E-state index in [0.717, 1.165) is 4.90 Å². The van der Waals surface area contributed by atoms with E-state index in [4.69, 9.17) is 15.8 Å². The molecule has 0 bridgehead atoms. The van der Waals surface area contributed by atoms with Gasteiger partial charge in [0.2, 0.25) is 0 Å². The summed E-state index contributed by atoms with van der Waals surface area (Å²) in [5.41, 5.74) is 0.738. The van der Waals surface area contributed by atoms with Gasteiger partial charge in [0.15, 0.2) is 0 Å². The van der Waals surface area contributed by atoms with E-state index in [1.807, 2.05) is 0 Å². The van der Waals surface area contributed by atoms with Gasteiger partial charge in [0, 0.05) is 6.54 Å². The van der Waals surface area contributed by atoms with E-state index in [-0.39, 0.29) is 31.1 Å². The number of benzene rings is 1. The molecule has 5 nitrogen and oxygen atoms in total. The van der Waals surface area contributed by atoms with Gasteiger partial charge in [-0.1, -0.05) is 12.1 Å². The summed E-state index contributed by atoms with van der Waals surface area (Å²) in [6.45, 7) is -1.37. The van der Waals surface area contributed by atoms with Gasteiger partial charge >= 0.3 is 0 Å². The van der Waals surface area contributed by atoms with Gasteiger partial charge in [0.25, 0.3) is 18.5 Å². The van der Waals surface area contributed by atoms with Crippen LogP contribution in [0.2, 0.25) is 0 Å². The molecule has 1 aliphatic rings. The average molecular weight is 302 g/mol. The number of hydrogen-bond acceptors (Lipinski definition) is 4. The lowest BCUT2D eigenvalue weighted by Gasteiger charge is -2.16. The number of amides is 2. The molecule has 1 unspecified atom stereocenters. The molecule has 7 heteroatoms. The summed E-state index contributed by atoms with van der Waals surface area (Å²) in [7, 11) is 0. The third-order valence-corrected chi connectivity index (χ3v) is 4.97. The molecule has 0 aromatic heterocycles. The number of nitrogens with zero attached hydrogens (tertiary/aromatic N) is 1. The molecular formula is C12H13ClNO4P. The molecule has 0 aliphatic carbocycles. The van der Waals surface area contributed by atoms with Gasteiger partial charge in [-0.3, -0.25) is 19.1 Å². The Morgan fingerprint density at radius 2 is 1.74 bits per heavy atom. The Morgan fingerprint density at radius 1 is 1.21 bits per heavy atom. The van der Waals surface area contributed by atoms with Crippen molar-refractivity contribution in [3.63, 3.8) is 0 Å². The van der Waals surface area contributed by atoms with E-state index in [9.17, 15) is 14.2 Å². The second-order valence-corrected chi connectivity index (χ2v) is 7.47. The van der Waals surface area contributed by atoms with Crippen molar-refractivity contribution in [3.8, 4) is 0 Å². The minimum atomic E-state index is -3.27. The molecule has 1 aromatic carbocycles. The highest BCUT2D eigenvalue weighted by atomic mass is 35.7. The number of hydrogen-bond donors (Lipinski definition) is 0. The number of carbonyl (C=O) groups is 2. The zero-order chi connectivity index (χ0) is 14.0. The van der Waals surface area contributed by atoms with E-state index in [1.54, 1.807) is 31.2 Å². The fraction of sp³-hybridized carbons (Fsp3) is 0.333. The third-order valence-electron chi connectivity index (χ3n) is 2.79. The molecule has 0 saturated heterocycles. The van der Waals surface area contributed by atoms with Crippen LogP contribution in [0.5, 0.6) is 0 Å². The summed E-state index contributed by atoms with van der Waals surface area (Å²) in [5, 5.41) is 0. The Hall–Kier alpha value is -1.16. The smallest absolute Gasteiger partial charge is 0.291 e. The van der Waals surface area contributed by atoms with Gasteiger partial charge in [-0.05, 0) is 30.3 Å². The first-order valence-electron chi connectivity index (χ1n) is 5.85. The number of carbonyl (C=O) groups excluding carboxylic acids is 2. The average Bonchev–Trinajstić information content (AvgIpc) is 2.61. The number of fused-ring (bicyclic) bond motifs is 1. The lowest BCUT2D eigenvalue weighted by molar-refractivity contribution is 0.0663. The third kappa shape index (κ3) is 2.89.